The Morgan fingerprint density at radius 2 is 2.11 bits per heavy atom. The first kappa shape index (κ1) is 21.3. The summed E-state index contributed by atoms with van der Waals surface area (Å²) >= 11 is 2.09. The molecule has 1 unspecified atom stereocenters. The van der Waals surface area contributed by atoms with Gasteiger partial charge in [-0.15, -0.1) is 11.3 Å². The van der Waals surface area contributed by atoms with Crippen molar-refractivity contribution in [2.75, 3.05) is 5.75 Å². The number of amides is 1. The molecule has 9 heteroatoms. The molecule has 1 N–H and O–H groups in total. The zero-order valence-corrected chi connectivity index (χ0v) is 16.6. The number of nitriles is 1. The van der Waals surface area contributed by atoms with Gasteiger partial charge in [0.1, 0.15) is 11.1 Å². The summed E-state index contributed by atoms with van der Waals surface area (Å²) in [4.78, 5) is 16.8. The van der Waals surface area contributed by atoms with Gasteiger partial charge in [0, 0.05) is 6.04 Å². The number of nitrogens with zero attached hydrogens (tertiary/aromatic N) is 2. The second kappa shape index (κ2) is 8.76. The molecule has 0 aliphatic rings. The molecule has 1 amide bonds. The van der Waals surface area contributed by atoms with E-state index in [-0.39, 0.29) is 34.3 Å². The van der Waals surface area contributed by atoms with Crippen LogP contribution in [0.4, 0.5) is 13.2 Å². The molecule has 4 nitrogen and oxygen atoms in total. The summed E-state index contributed by atoms with van der Waals surface area (Å²) in [7, 11) is 0. The fraction of sp³-hybridized carbons (Fsp3) is 0.389. The summed E-state index contributed by atoms with van der Waals surface area (Å²) in [6.07, 6.45) is -4.69. The average molecular weight is 413 g/mol. The normalized spacial score (nSPS) is 12.7. The summed E-state index contributed by atoms with van der Waals surface area (Å²) in [6.45, 7) is 5.76. The number of thiophene rings is 1. The van der Waals surface area contributed by atoms with Crippen molar-refractivity contribution in [1.29, 1.82) is 5.26 Å². The Labute approximate surface area is 163 Å². The molecule has 0 spiro atoms. The maximum absolute atomic E-state index is 13.4. The molecule has 0 radical (unpaired) electrons. The van der Waals surface area contributed by atoms with Gasteiger partial charge in [-0.3, -0.25) is 4.79 Å². The molecule has 1 atom stereocenters. The van der Waals surface area contributed by atoms with Crippen molar-refractivity contribution < 1.29 is 18.0 Å². The van der Waals surface area contributed by atoms with Crippen LogP contribution in [0.1, 0.15) is 31.9 Å². The first-order valence-electron chi connectivity index (χ1n) is 8.11. The van der Waals surface area contributed by atoms with Crippen LogP contribution in [0, 0.1) is 17.2 Å². The number of hydrogen-bond donors (Lipinski definition) is 1. The highest BCUT2D eigenvalue weighted by Crippen LogP contribution is 2.38. The van der Waals surface area contributed by atoms with Crippen LogP contribution >= 0.6 is 23.1 Å². The van der Waals surface area contributed by atoms with Crippen LogP contribution in [-0.2, 0) is 11.0 Å². The van der Waals surface area contributed by atoms with Gasteiger partial charge in [0.2, 0.25) is 5.91 Å². The molecular formula is C18H18F3N3OS2. The van der Waals surface area contributed by atoms with E-state index >= 15 is 0 Å². The Morgan fingerprint density at radius 1 is 1.41 bits per heavy atom. The number of halogens is 3. The molecule has 144 valence electrons. The van der Waals surface area contributed by atoms with Gasteiger partial charge in [0.25, 0.3) is 0 Å². The lowest BCUT2D eigenvalue weighted by Gasteiger charge is -2.17. The molecule has 0 aromatic carbocycles. The smallest absolute Gasteiger partial charge is 0.353 e. The number of pyridine rings is 1. The average Bonchev–Trinajstić information content (AvgIpc) is 3.12. The van der Waals surface area contributed by atoms with Crippen LogP contribution in [0.15, 0.2) is 28.6 Å². The summed E-state index contributed by atoms with van der Waals surface area (Å²) in [6, 6.07) is 5.78. The molecule has 0 bridgehead atoms. The van der Waals surface area contributed by atoms with Gasteiger partial charge < -0.3 is 5.32 Å². The Balaban J connectivity index is 2.35. The molecule has 2 heterocycles. The van der Waals surface area contributed by atoms with E-state index in [9.17, 15) is 23.2 Å². The fourth-order valence-electron chi connectivity index (χ4n) is 2.10. The molecule has 0 saturated heterocycles. The van der Waals surface area contributed by atoms with Crippen LogP contribution in [0.5, 0.6) is 0 Å². The first-order chi connectivity index (χ1) is 12.6. The van der Waals surface area contributed by atoms with Crippen molar-refractivity contribution in [1.82, 2.24) is 10.3 Å². The molecular weight excluding hydrogens is 395 g/mol. The van der Waals surface area contributed by atoms with E-state index in [1.54, 1.807) is 23.6 Å². The van der Waals surface area contributed by atoms with Gasteiger partial charge in [-0.05, 0) is 30.4 Å². The van der Waals surface area contributed by atoms with E-state index in [1.165, 1.54) is 11.3 Å². The van der Waals surface area contributed by atoms with Gasteiger partial charge >= 0.3 is 6.18 Å². The number of thioether (sulfide) groups is 1. The molecule has 2 rings (SSSR count). The van der Waals surface area contributed by atoms with Crippen LogP contribution in [-0.4, -0.2) is 22.7 Å². The minimum absolute atomic E-state index is 0.0651. The highest BCUT2D eigenvalue weighted by atomic mass is 32.2. The minimum atomic E-state index is -4.69. The topological polar surface area (TPSA) is 65.8 Å². The van der Waals surface area contributed by atoms with Gasteiger partial charge in [-0.1, -0.05) is 31.7 Å². The Hall–Kier alpha value is -2.05. The van der Waals surface area contributed by atoms with Crippen molar-refractivity contribution in [3.8, 4) is 16.6 Å². The van der Waals surface area contributed by atoms with Gasteiger partial charge in [0.05, 0.1) is 27.5 Å². The quantitative estimate of drug-likeness (QED) is 0.680. The Kier molecular flexibility index (Phi) is 6.89. The summed E-state index contributed by atoms with van der Waals surface area (Å²) < 4.78 is 40.3. The number of nitrogens with one attached hydrogen (secondary N) is 1. The van der Waals surface area contributed by atoms with E-state index in [0.717, 1.165) is 17.8 Å². The second-order valence-electron chi connectivity index (χ2n) is 6.21. The lowest BCUT2D eigenvalue weighted by molar-refractivity contribution is -0.138. The Morgan fingerprint density at radius 3 is 2.63 bits per heavy atom. The van der Waals surface area contributed by atoms with E-state index in [4.69, 9.17) is 0 Å². The third-order valence-corrected chi connectivity index (χ3v) is 5.77. The maximum atomic E-state index is 13.4. The fourth-order valence-corrected chi connectivity index (χ4v) is 3.60. The van der Waals surface area contributed by atoms with E-state index in [0.29, 0.717) is 4.88 Å². The predicted octanol–water partition coefficient (Wildman–Crippen LogP) is 4.95. The highest BCUT2D eigenvalue weighted by molar-refractivity contribution is 8.00. The molecule has 0 fully saturated rings. The zero-order chi connectivity index (χ0) is 20.2. The summed E-state index contributed by atoms with van der Waals surface area (Å²) in [5.74, 6) is -0.211. The number of hydrogen-bond acceptors (Lipinski definition) is 5. The van der Waals surface area contributed by atoms with Crippen LogP contribution < -0.4 is 5.32 Å². The van der Waals surface area contributed by atoms with Crippen molar-refractivity contribution in [2.24, 2.45) is 5.92 Å². The third kappa shape index (κ3) is 5.47. The second-order valence-corrected chi connectivity index (χ2v) is 8.12. The first-order valence-corrected chi connectivity index (χ1v) is 9.98. The van der Waals surface area contributed by atoms with Crippen molar-refractivity contribution in [2.45, 2.75) is 38.0 Å². The maximum Gasteiger partial charge on any atom is 0.417 e. The summed E-state index contributed by atoms with van der Waals surface area (Å²) in [5.41, 5.74) is -1.46. The van der Waals surface area contributed by atoms with Gasteiger partial charge in [0.15, 0.2) is 0 Å². The number of rotatable bonds is 6. The minimum Gasteiger partial charge on any atom is -0.353 e. The zero-order valence-electron chi connectivity index (χ0n) is 14.9. The third-order valence-electron chi connectivity index (χ3n) is 3.91. The molecule has 2 aromatic rings. The molecule has 2 aromatic heterocycles. The van der Waals surface area contributed by atoms with E-state index in [2.05, 4.69) is 10.3 Å². The monoisotopic (exact) mass is 413 g/mol. The van der Waals surface area contributed by atoms with Crippen molar-refractivity contribution in [3.63, 3.8) is 0 Å². The molecule has 0 aliphatic heterocycles. The number of aromatic nitrogens is 1. The van der Waals surface area contributed by atoms with Crippen molar-refractivity contribution in [3.05, 3.63) is 34.7 Å². The van der Waals surface area contributed by atoms with Gasteiger partial charge in [-0.2, -0.15) is 18.4 Å². The largest absolute Gasteiger partial charge is 0.417 e. The van der Waals surface area contributed by atoms with E-state index in [1.807, 2.05) is 20.8 Å². The number of carbonyl (C=O) groups is 1. The van der Waals surface area contributed by atoms with Crippen LogP contribution in [0.3, 0.4) is 0 Å². The van der Waals surface area contributed by atoms with Crippen LogP contribution in [0.25, 0.3) is 10.6 Å². The molecule has 0 aliphatic carbocycles. The SMILES string of the molecule is CC(C)C(C)NC(=O)CSc1nc(-c2cccs2)cc(C(F)(F)F)c1C#N. The summed E-state index contributed by atoms with van der Waals surface area (Å²) in [5, 5.41) is 13.7. The lowest BCUT2D eigenvalue weighted by Crippen LogP contribution is -2.37. The predicted molar refractivity (Wildman–Crippen MR) is 100 cm³/mol. The Bertz CT molecular complexity index is 843. The van der Waals surface area contributed by atoms with Gasteiger partial charge in [-0.25, -0.2) is 4.98 Å². The van der Waals surface area contributed by atoms with Crippen molar-refractivity contribution >= 4 is 29.0 Å². The van der Waals surface area contributed by atoms with E-state index < -0.39 is 17.3 Å². The number of alkyl halides is 3. The molecule has 0 saturated carbocycles. The highest BCUT2D eigenvalue weighted by Gasteiger charge is 2.36. The van der Waals surface area contributed by atoms with Crippen LogP contribution in [0.2, 0.25) is 0 Å². The number of carbonyl (C=O) groups excluding carboxylic acids is 1. The standard InChI is InChI=1S/C18H18F3N3OS2/c1-10(2)11(3)23-16(25)9-27-17-12(8-22)13(18(19,20)21)7-14(24-17)15-5-4-6-26-15/h4-7,10-11H,9H2,1-3H3,(H,23,25). The lowest BCUT2D eigenvalue weighted by atomic mass is 10.1. The molecule has 27 heavy (non-hydrogen) atoms.